The summed E-state index contributed by atoms with van der Waals surface area (Å²) in [6, 6.07) is 0. The SMILES string of the molecule is CCCNCCCCCN1CCN(CCN(C)C)CC1. The standard InChI is InChI=1S/C16H36N4/c1-4-8-17-9-6-5-7-10-19-13-15-20(16-14-19)12-11-18(2)3/h17H,4-16H2,1-3H3. The summed E-state index contributed by atoms with van der Waals surface area (Å²) in [5.41, 5.74) is 0. The molecule has 1 aliphatic heterocycles. The summed E-state index contributed by atoms with van der Waals surface area (Å²) >= 11 is 0. The highest BCUT2D eigenvalue weighted by molar-refractivity contribution is 4.72. The third kappa shape index (κ3) is 8.90. The van der Waals surface area contributed by atoms with Crippen LogP contribution in [-0.4, -0.2) is 87.7 Å². The van der Waals surface area contributed by atoms with E-state index in [0.29, 0.717) is 0 Å². The van der Waals surface area contributed by atoms with Crippen LogP contribution >= 0.6 is 0 Å². The number of piperazine rings is 1. The summed E-state index contributed by atoms with van der Waals surface area (Å²) < 4.78 is 0. The largest absolute Gasteiger partial charge is 0.317 e. The summed E-state index contributed by atoms with van der Waals surface area (Å²) in [7, 11) is 4.32. The summed E-state index contributed by atoms with van der Waals surface area (Å²) in [6.45, 7) is 13.4. The molecule has 0 aromatic rings. The Labute approximate surface area is 126 Å². The van der Waals surface area contributed by atoms with Crippen LogP contribution in [0, 0.1) is 0 Å². The van der Waals surface area contributed by atoms with Crippen molar-refractivity contribution < 1.29 is 0 Å². The molecule has 0 aromatic carbocycles. The fraction of sp³-hybridized carbons (Fsp3) is 1.00. The summed E-state index contributed by atoms with van der Waals surface area (Å²) in [6.07, 6.45) is 5.32. The Morgan fingerprint density at radius 3 is 2.10 bits per heavy atom. The van der Waals surface area contributed by atoms with Gasteiger partial charge in [-0.15, -0.1) is 0 Å². The minimum absolute atomic E-state index is 1.18. The number of hydrogen-bond acceptors (Lipinski definition) is 4. The fourth-order valence-corrected chi connectivity index (χ4v) is 2.64. The first-order valence-electron chi connectivity index (χ1n) is 8.52. The van der Waals surface area contributed by atoms with Crippen molar-refractivity contribution >= 4 is 0 Å². The van der Waals surface area contributed by atoms with Crippen LogP contribution in [0.2, 0.25) is 0 Å². The molecule has 1 heterocycles. The molecule has 120 valence electrons. The minimum atomic E-state index is 1.18. The van der Waals surface area contributed by atoms with Crippen molar-refractivity contribution in [1.82, 2.24) is 20.0 Å². The number of nitrogens with zero attached hydrogens (tertiary/aromatic N) is 3. The maximum atomic E-state index is 3.48. The molecule has 0 amide bonds. The van der Waals surface area contributed by atoms with Crippen molar-refractivity contribution in [2.24, 2.45) is 0 Å². The number of unbranched alkanes of at least 4 members (excludes halogenated alkanes) is 2. The Balaban J connectivity index is 1.92. The Hall–Kier alpha value is -0.160. The second-order valence-corrected chi connectivity index (χ2v) is 6.30. The van der Waals surface area contributed by atoms with Gasteiger partial charge in [0.05, 0.1) is 0 Å². The van der Waals surface area contributed by atoms with Crippen molar-refractivity contribution in [3.63, 3.8) is 0 Å². The molecule has 1 fully saturated rings. The molecule has 0 aromatic heterocycles. The zero-order chi connectivity index (χ0) is 14.6. The molecule has 4 heteroatoms. The van der Waals surface area contributed by atoms with Gasteiger partial charge in [-0.25, -0.2) is 0 Å². The molecular formula is C16H36N4. The van der Waals surface area contributed by atoms with Crippen molar-refractivity contribution in [2.45, 2.75) is 32.6 Å². The normalized spacial score (nSPS) is 18.0. The second-order valence-electron chi connectivity index (χ2n) is 6.30. The van der Waals surface area contributed by atoms with E-state index in [2.05, 4.69) is 41.0 Å². The lowest BCUT2D eigenvalue weighted by Crippen LogP contribution is -2.48. The van der Waals surface area contributed by atoms with Gasteiger partial charge in [0.15, 0.2) is 0 Å². The van der Waals surface area contributed by atoms with Gasteiger partial charge in [0.2, 0.25) is 0 Å². The minimum Gasteiger partial charge on any atom is -0.317 e. The molecular weight excluding hydrogens is 248 g/mol. The Morgan fingerprint density at radius 2 is 1.50 bits per heavy atom. The van der Waals surface area contributed by atoms with Gasteiger partial charge < -0.3 is 15.1 Å². The second kappa shape index (κ2) is 11.5. The number of rotatable bonds is 11. The van der Waals surface area contributed by atoms with Crippen LogP contribution in [-0.2, 0) is 0 Å². The van der Waals surface area contributed by atoms with E-state index in [0.717, 1.165) is 0 Å². The van der Waals surface area contributed by atoms with Gasteiger partial charge in [0, 0.05) is 39.3 Å². The van der Waals surface area contributed by atoms with Crippen molar-refractivity contribution in [1.29, 1.82) is 0 Å². The first kappa shape index (κ1) is 17.9. The predicted molar refractivity (Wildman–Crippen MR) is 88.4 cm³/mol. The maximum Gasteiger partial charge on any atom is 0.0110 e. The van der Waals surface area contributed by atoms with E-state index < -0.39 is 0 Å². The van der Waals surface area contributed by atoms with Gasteiger partial charge >= 0.3 is 0 Å². The van der Waals surface area contributed by atoms with Gasteiger partial charge in [-0.05, 0) is 53.0 Å². The van der Waals surface area contributed by atoms with Gasteiger partial charge in [0.1, 0.15) is 0 Å². The summed E-state index contributed by atoms with van der Waals surface area (Å²) in [4.78, 5) is 7.52. The molecule has 1 N–H and O–H groups in total. The highest BCUT2D eigenvalue weighted by atomic mass is 15.3. The van der Waals surface area contributed by atoms with E-state index >= 15 is 0 Å². The summed E-state index contributed by atoms with van der Waals surface area (Å²) in [5, 5.41) is 3.48. The Morgan fingerprint density at radius 1 is 0.850 bits per heavy atom. The van der Waals surface area contributed by atoms with Crippen LogP contribution in [0.1, 0.15) is 32.6 Å². The number of nitrogens with one attached hydrogen (secondary N) is 1. The number of likely N-dealkylation sites (N-methyl/N-ethyl adjacent to an activating group) is 1. The van der Waals surface area contributed by atoms with E-state index in [4.69, 9.17) is 0 Å². The molecule has 0 aliphatic carbocycles. The van der Waals surface area contributed by atoms with Gasteiger partial charge in [-0.1, -0.05) is 13.3 Å². The van der Waals surface area contributed by atoms with Crippen molar-refractivity contribution in [3.05, 3.63) is 0 Å². The van der Waals surface area contributed by atoms with E-state index in [1.54, 1.807) is 0 Å². The van der Waals surface area contributed by atoms with E-state index in [1.807, 2.05) is 0 Å². The molecule has 20 heavy (non-hydrogen) atoms. The highest BCUT2D eigenvalue weighted by Gasteiger charge is 2.15. The average molecular weight is 284 g/mol. The average Bonchev–Trinajstić information content (AvgIpc) is 2.45. The van der Waals surface area contributed by atoms with E-state index in [-0.39, 0.29) is 0 Å². The summed E-state index contributed by atoms with van der Waals surface area (Å²) in [5.74, 6) is 0. The third-order valence-electron chi connectivity index (χ3n) is 4.08. The number of hydrogen-bond donors (Lipinski definition) is 1. The van der Waals surface area contributed by atoms with Crippen molar-refractivity contribution in [2.75, 3.05) is 73.0 Å². The van der Waals surface area contributed by atoms with E-state index in [9.17, 15) is 0 Å². The van der Waals surface area contributed by atoms with Gasteiger partial charge in [0.25, 0.3) is 0 Å². The zero-order valence-corrected chi connectivity index (χ0v) is 14.0. The highest BCUT2D eigenvalue weighted by Crippen LogP contribution is 2.04. The first-order chi connectivity index (χ1) is 9.72. The molecule has 0 spiro atoms. The smallest absolute Gasteiger partial charge is 0.0110 e. The van der Waals surface area contributed by atoms with Crippen LogP contribution in [0.5, 0.6) is 0 Å². The third-order valence-corrected chi connectivity index (χ3v) is 4.08. The van der Waals surface area contributed by atoms with Crippen LogP contribution in [0.15, 0.2) is 0 Å². The van der Waals surface area contributed by atoms with E-state index in [1.165, 1.54) is 84.6 Å². The van der Waals surface area contributed by atoms with Gasteiger partial charge in [-0.3, -0.25) is 4.90 Å². The molecule has 0 atom stereocenters. The first-order valence-corrected chi connectivity index (χ1v) is 8.52. The molecule has 1 rings (SSSR count). The topological polar surface area (TPSA) is 21.8 Å². The molecule has 0 bridgehead atoms. The molecule has 0 unspecified atom stereocenters. The molecule has 0 radical (unpaired) electrons. The van der Waals surface area contributed by atoms with Crippen LogP contribution < -0.4 is 5.32 Å². The lowest BCUT2D eigenvalue weighted by molar-refractivity contribution is 0.124. The zero-order valence-electron chi connectivity index (χ0n) is 14.0. The van der Waals surface area contributed by atoms with Crippen LogP contribution in [0.3, 0.4) is 0 Å². The van der Waals surface area contributed by atoms with Crippen LogP contribution in [0.25, 0.3) is 0 Å². The monoisotopic (exact) mass is 284 g/mol. The predicted octanol–water partition coefficient (Wildman–Crippen LogP) is 1.34. The van der Waals surface area contributed by atoms with Crippen molar-refractivity contribution in [3.8, 4) is 0 Å². The molecule has 1 saturated heterocycles. The van der Waals surface area contributed by atoms with Crippen LogP contribution in [0.4, 0.5) is 0 Å². The maximum absolute atomic E-state index is 3.48. The Bertz CT molecular complexity index is 213. The van der Waals surface area contributed by atoms with Gasteiger partial charge in [-0.2, -0.15) is 0 Å². The fourth-order valence-electron chi connectivity index (χ4n) is 2.64. The quantitative estimate of drug-likeness (QED) is 0.578. The Kier molecular flexibility index (Phi) is 10.3. The lowest BCUT2D eigenvalue weighted by atomic mass is 10.2. The molecule has 1 aliphatic rings. The lowest BCUT2D eigenvalue weighted by Gasteiger charge is -2.35. The molecule has 0 saturated carbocycles. The molecule has 4 nitrogen and oxygen atoms in total.